The van der Waals surface area contributed by atoms with E-state index in [1.165, 1.54) is 4.90 Å². The topological polar surface area (TPSA) is 96.9 Å². The van der Waals surface area contributed by atoms with Crippen LogP contribution >= 0.6 is 0 Å². The third kappa shape index (κ3) is 3.81. The fraction of sp³-hybridized carbons (Fsp3) is 0.148. The number of fused-ring (bicyclic) bond motifs is 1. The second-order valence-electron chi connectivity index (χ2n) is 7.97. The number of carbonyl (C=O) groups excluding carboxylic acids is 2. The van der Waals surface area contributed by atoms with E-state index in [-0.39, 0.29) is 17.9 Å². The zero-order valence-corrected chi connectivity index (χ0v) is 18.5. The highest BCUT2D eigenvalue weighted by molar-refractivity contribution is 6.15. The lowest BCUT2D eigenvalue weighted by Crippen LogP contribution is -2.32. The molecule has 3 heterocycles. The lowest BCUT2D eigenvalue weighted by atomic mass is 9.94. The van der Waals surface area contributed by atoms with Gasteiger partial charge in [-0.05, 0) is 48.6 Å². The quantitative estimate of drug-likeness (QED) is 0.400. The summed E-state index contributed by atoms with van der Waals surface area (Å²) in [4.78, 5) is 31.1. The number of para-hydroxylation sites is 1. The van der Waals surface area contributed by atoms with Gasteiger partial charge in [0, 0.05) is 22.6 Å². The van der Waals surface area contributed by atoms with Crippen LogP contribution in [-0.2, 0) is 11.3 Å². The van der Waals surface area contributed by atoms with Gasteiger partial charge in [0.25, 0.3) is 0 Å². The number of ketones is 1. The van der Waals surface area contributed by atoms with Gasteiger partial charge in [-0.3, -0.25) is 9.59 Å². The van der Waals surface area contributed by atoms with Crippen molar-refractivity contribution in [3.8, 4) is 5.75 Å². The summed E-state index contributed by atoms with van der Waals surface area (Å²) in [7, 11) is 0. The molecule has 7 nitrogen and oxygen atoms in total. The summed E-state index contributed by atoms with van der Waals surface area (Å²) < 4.78 is 11.3. The highest BCUT2D eigenvalue weighted by Gasteiger charge is 2.40. The highest BCUT2D eigenvalue weighted by Crippen LogP contribution is 2.40. The average Bonchev–Trinajstić information content (AvgIpc) is 3.40. The van der Waals surface area contributed by atoms with Gasteiger partial charge >= 0.3 is 0 Å². The van der Waals surface area contributed by atoms with Crippen molar-refractivity contribution < 1.29 is 28.8 Å². The van der Waals surface area contributed by atoms with E-state index in [9.17, 15) is 14.7 Å². The molecule has 2 aromatic heterocycles. The Balaban J connectivity index is 1.58. The summed E-state index contributed by atoms with van der Waals surface area (Å²) in [5.41, 5.74) is 1.87. The van der Waals surface area contributed by atoms with Gasteiger partial charge in [-0.1, -0.05) is 30.3 Å². The van der Waals surface area contributed by atoms with Crippen LogP contribution in [0.15, 0.2) is 94.9 Å². The molecule has 34 heavy (non-hydrogen) atoms. The standard InChI is InChI=1S/C27H22N2O5/c1-2-33-20-11-9-18(10-12-20)24-23(25(30)22-14-19-7-3-4-8-21(19)34-22)26(31)27(32)29(24)16-17-6-5-13-28-15-17/h3-15,24,31H,2,16H2,1H3. The number of aromatic amines is 1. The first kappa shape index (κ1) is 21.5. The van der Waals surface area contributed by atoms with Gasteiger partial charge in [-0.15, -0.1) is 0 Å². The summed E-state index contributed by atoms with van der Waals surface area (Å²) >= 11 is 0. The molecule has 0 radical (unpaired) electrons. The van der Waals surface area contributed by atoms with Crippen molar-refractivity contribution in [1.29, 1.82) is 0 Å². The Labute approximate surface area is 195 Å². The first-order valence-electron chi connectivity index (χ1n) is 11.0. The Hall–Kier alpha value is -4.39. The molecular formula is C27H22N2O5. The molecule has 1 aliphatic heterocycles. The van der Waals surface area contributed by atoms with Crippen LogP contribution in [0.25, 0.3) is 11.0 Å². The van der Waals surface area contributed by atoms with E-state index in [2.05, 4.69) is 4.98 Å². The fourth-order valence-electron chi connectivity index (χ4n) is 4.24. The minimum atomic E-state index is -0.850. The zero-order valence-electron chi connectivity index (χ0n) is 18.5. The number of furan rings is 1. The minimum Gasteiger partial charge on any atom is -0.868 e. The average molecular weight is 454 g/mol. The number of nitrogens with one attached hydrogen (secondary N) is 1. The van der Waals surface area contributed by atoms with Crippen molar-refractivity contribution in [2.45, 2.75) is 19.5 Å². The van der Waals surface area contributed by atoms with Crippen LogP contribution in [0.2, 0.25) is 0 Å². The molecular weight excluding hydrogens is 432 g/mol. The zero-order chi connectivity index (χ0) is 23.7. The number of hydrogen-bond acceptors (Lipinski definition) is 5. The predicted octanol–water partition coefficient (Wildman–Crippen LogP) is 3.23. The lowest BCUT2D eigenvalue weighted by Gasteiger charge is -2.27. The monoisotopic (exact) mass is 454 g/mol. The first-order valence-corrected chi connectivity index (χ1v) is 11.0. The Bertz CT molecular complexity index is 1360. The number of amides is 1. The van der Waals surface area contributed by atoms with Crippen LogP contribution in [0.3, 0.4) is 0 Å². The molecule has 1 unspecified atom stereocenters. The number of rotatable bonds is 7. The Morgan fingerprint density at radius 1 is 1.12 bits per heavy atom. The molecule has 0 fully saturated rings. The van der Waals surface area contributed by atoms with Gasteiger partial charge in [0.2, 0.25) is 11.7 Å². The summed E-state index contributed by atoms with van der Waals surface area (Å²) in [5, 5.41) is 13.9. The fourth-order valence-corrected chi connectivity index (χ4v) is 4.24. The van der Waals surface area contributed by atoms with Crippen molar-refractivity contribution in [3.63, 3.8) is 0 Å². The van der Waals surface area contributed by atoms with Crippen LogP contribution in [0, 0.1) is 0 Å². The van der Waals surface area contributed by atoms with Gasteiger partial charge < -0.3 is 19.2 Å². The van der Waals surface area contributed by atoms with Gasteiger partial charge in [-0.2, -0.15) is 0 Å². The highest BCUT2D eigenvalue weighted by atomic mass is 16.5. The predicted molar refractivity (Wildman–Crippen MR) is 121 cm³/mol. The first-order chi connectivity index (χ1) is 16.6. The molecule has 0 aliphatic carbocycles. The summed E-state index contributed by atoms with van der Waals surface area (Å²) in [6.07, 6.45) is 3.51. The molecule has 5 rings (SSSR count). The van der Waals surface area contributed by atoms with E-state index >= 15 is 0 Å². The molecule has 2 aromatic carbocycles. The van der Waals surface area contributed by atoms with Crippen molar-refractivity contribution >= 4 is 22.7 Å². The number of nitrogens with zero attached hydrogens (tertiary/aromatic N) is 1. The number of Topliss-reactive ketones (excluding diaryl/α,β-unsaturated/α-hetero) is 1. The van der Waals surface area contributed by atoms with Crippen molar-refractivity contribution in [3.05, 3.63) is 107 Å². The molecule has 4 aromatic rings. The Morgan fingerprint density at radius 3 is 2.62 bits per heavy atom. The molecule has 1 atom stereocenters. The summed E-state index contributed by atoms with van der Waals surface area (Å²) in [6, 6.07) is 18.7. The maximum atomic E-state index is 13.6. The lowest BCUT2D eigenvalue weighted by molar-refractivity contribution is -0.378. The number of carbonyl (C=O) groups is 2. The van der Waals surface area contributed by atoms with Crippen LogP contribution in [0.1, 0.15) is 34.6 Å². The maximum Gasteiger partial charge on any atom is 0.240 e. The van der Waals surface area contributed by atoms with E-state index < -0.39 is 23.5 Å². The number of ether oxygens (including phenoxy) is 1. The van der Waals surface area contributed by atoms with E-state index in [1.807, 2.05) is 31.2 Å². The number of aromatic nitrogens is 1. The normalized spacial score (nSPS) is 15.9. The SMILES string of the molecule is CCOc1ccc(C2C(C(=O)c3cc4ccccc4o3)=C([O-])C(=O)N2Cc2ccc[nH+]c2)cc1. The van der Waals surface area contributed by atoms with E-state index in [0.717, 1.165) is 10.9 Å². The third-order valence-corrected chi connectivity index (χ3v) is 5.81. The summed E-state index contributed by atoms with van der Waals surface area (Å²) in [6.45, 7) is 2.56. The van der Waals surface area contributed by atoms with Gasteiger partial charge in [0.15, 0.2) is 18.2 Å². The minimum absolute atomic E-state index is 0.0307. The molecule has 1 amide bonds. The third-order valence-electron chi connectivity index (χ3n) is 5.81. The second kappa shape index (κ2) is 8.86. The smallest absolute Gasteiger partial charge is 0.240 e. The number of benzene rings is 2. The van der Waals surface area contributed by atoms with Crippen LogP contribution in [0.4, 0.5) is 0 Å². The molecule has 1 aliphatic rings. The molecule has 0 bridgehead atoms. The van der Waals surface area contributed by atoms with Crippen LogP contribution < -0.4 is 14.8 Å². The Kier molecular flexibility index (Phi) is 5.59. The van der Waals surface area contributed by atoms with Crippen molar-refractivity contribution in [2.24, 2.45) is 0 Å². The van der Waals surface area contributed by atoms with E-state index in [0.29, 0.717) is 23.5 Å². The number of pyridine rings is 1. The second-order valence-corrected chi connectivity index (χ2v) is 7.97. The molecule has 0 saturated carbocycles. The van der Waals surface area contributed by atoms with Gasteiger partial charge in [0.1, 0.15) is 11.3 Å². The molecule has 0 saturated heterocycles. The molecule has 0 spiro atoms. The van der Waals surface area contributed by atoms with Crippen molar-refractivity contribution in [2.75, 3.05) is 6.61 Å². The van der Waals surface area contributed by atoms with Crippen LogP contribution in [-0.4, -0.2) is 23.2 Å². The molecule has 7 heteroatoms. The number of hydrogen-bond donors (Lipinski definition) is 0. The van der Waals surface area contributed by atoms with Crippen LogP contribution in [0.5, 0.6) is 5.75 Å². The Morgan fingerprint density at radius 2 is 1.91 bits per heavy atom. The largest absolute Gasteiger partial charge is 0.868 e. The molecule has 1 N–H and O–H groups in total. The molecule has 170 valence electrons. The summed E-state index contributed by atoms with van der Waals surface area (Å²) in [5.74, 6) is -1.43. The number of H-pyrrole nitrogens is 1. The van der Waals surface area contributed by atoms with E-state index in [1.54, 1.807) is 54.9 Å². The van der Waals surface area contributed by atoms with Crippen molar-refractivity contribution in [1.82, 2.24) is 4.90 Å². The van der Waals surface area contributed by atoms with E-state index in [4.69, 9.17) is 9.15 Å². The van der Waals surface area contributed by atoms with Gasteiger partial charge in [0.05, 0.1) is 19.2 Å². The maximum absolute atomic E-state index is 13.6. The van der Waals surface area contributed by atoms with Gasteiger partial charge in [-0.25, -0.2) is 4.98 Å².